The summed E-state index contributed by atoms with van der Waals surface area (Å²) in [6.07, 6.45) is 0.424. The van der Waals surface area contributed by atoms with Crippen molar-refractivity contribution in [2.24, 2.45) is 4.99 Å². The smallest absolute Gasteiger partial charge is 0.126 e. The number of aromatic hydroxyl groups is 1. The minimum absolute atomic E-state index is 0.116. The number of nitrogens with one attached hydrogen (secondary N) is 1. The van der Waals surface area contributed by atoms with Crippen molar-refractivity contribution < 1.29 is 9.84 Å². The number of methoxy groups -OCH3 is 1. The Hall–Kier alpha value is -2.82. The summed E-state index contributed by atoms with van der Waals surface area (Å²) in [6.45, 7) is 2.07. The van der Waals surface area contributed by atoms with Gasteiger partial charge in [0.15, 0.2) is 0 Å². The number of phenolic OH excluding ortho intramolecular Hbond substituents is 1. The van der Waals surface area contributed by atoms with Crippen molar-refractivity contribution in [1.82, 2.24) is 5.32 Å². The topological polar surface area (TPSA) is 53.8 Å². The Morgan fingerprint density at radius 3 is 2.45 bits per heavy atom. The molecule has 1 aliphatic rings. The monoisotopic (exact) mass is 406 g/mol. The van der Waals surface area contributed by atoms with Crippen LogP contribution in [0.25, 0.3) is 0 Å². The zero-order valence-corrected chi connectivity index (χ0v) is 17.1. The summed E-state index contributed by atoms with van der Waals surface area (Å²) in [7, 11) is 1.66. The van der Waals surface area contributed by atoms with Gasteiger partial charge in [0, 0.05) is 28.8 Å². The molecule has 0 bridgehead atoms. The van der Waals surface area contributed by atoms with Gasteiger partial charge in [0.2, 0.25) is 0 Å². The van der Waals surface area contributed by atoms with Crippen molar-refractivity contribution in [2.75, 3.05) is 7.11 Å². The number of hydrogen-bond donors (Lipinski definition) is 2. The van der Waals surface area contributed by atoms with Crippen molar-refractivity contribution in [3.63, 3.8) is 0 Å². The second-order valence-electron chi connectivity index (χ2n) is 7.24. The fraction of sp³-hybridized carbons (Fsp3) is 0.208. The van der Waals surface area contributed by atoms with Crippen LogP contribution in [0.15, 0.2) is 71.7 Å². The molecule has 4 rings (SSSR count). The summed E-state index contributed by atoms with van der Waals surface area (Å²) >= 11 is 6.21. The van der Waals surface area contributed by atoms with E-state index in [2.05, 4.69) is 36.5 Å². The quantitative estimate of drug-likeness (QED) is 0.594. The standard InChI is InChI=1S/C24H23ClN2O2/c1-15-3-5-17(6-4-15)24-26-21(16-7-10-19(29-2)11-8-16)14-22(27-24)20-13-18(25)9-12-23(20)28/h3-13,22,24,27-28H,14H2,1-2H3/t22-,24-/m1/s1. The normalized spacial score (nSPS) is 18.9. The maximum atomic E-state index is 10.5. The molecule has 1 heterocycles. The molecule has 0 spiro atoms. The van der Waals surface area contributed by atoms with Crippen molar-refractivity contribution in [3.8, 4) is 11.5 Å². The number of aliphatic imine (C=N–C) groups is 1. The minimum Gasteiger partial charge on any atom is -0.508 e. The van der Waals surface area contributed by atoms with Gasteiger partial charge in [0.1, 0.15) is 17.7 Å². The van der Waals surface area contributed by atoms with Gasteiger partial charge in [-0.2, -0.15) is 0 Å². The molecular formula is C24H23ClN2O2. The van der Waals surface area contributed by atoms with Crippen LogP contribution < -0.4 is 10.1 Å². The molecule has 0 fully saturated rings. The van der Waals surface area contributed by atoms with Crippen LogP contribution >= 0.6 is 11.6 Å². The van der Waals surface area contributed by atoms with Crippen LogP contribution in [0.1, 0.15) is 40.9 Å². The lowest BCUT2D eigenvalue weighted by Crippen LogP contribution is -2.33. The van der Waals surface area contributed by atoms with Crippen LogP contribution in [0.2, 0.25) is 5.02 Å². The zero-order chi connectivity index (χ0) is 20.4. The Labute approximate surface area is 175 Å². The van der Waals surface area contributed by atoms with E-state index in [0.717, 1.165) is 28.2 Å². The SMILES string of the molecule is COc1ccc(C2=N[C@@H](c3ccc(C)cc3)N[C@@H](c3cc(Cl)ccc3O)C2)cc1. The highest BCUT2D eigenvalue weighted by atomic mass is 35.5. The van der Waals surface area contributed by atoms with Crippen molar-refractivity contribution in [1.29, 1.82) is 0 Å². The molecule has 0 amide bonds. The van der Waals surface area contributed by atoms with E-state index in [1.807, 2.05) is 30.3 Å². The second kappa shape index (κ2) is 8.27. The summed E-state index contributed by atoms with van der Waals surface area (Å²) in [5.41, 5.74) is 5.06. The number of ether oxygens (including phenoxy) is 1. The molecule has 0 saturated carbocycles. The first-order valence-corrected chi connectivity index (χ1v) is 9.93. The summed E-state index contributed by atoms with van der Waals surface area (Å²) in [6, 6.07) is 21.3. The molecule has 0 radical (unpaired) electrons. The lowest BCUT2D eigenvalue weighted by molar-refractivity contribution is 0.412. The molecule has 0 aromatic heterocycles. The molecule has 3 aromatic carbocycles. The average Bonchev–Trinajstić information content (AvgIpc) is 2.75. The third-order valence-corrected chi connectivity index (χ3v) is 5.46. The van der Waals surface area contributed by atoms with Gasteiger partial charge >= 0.3 is 0 Å². The predicted octanol–water partition coefficient (Wildman–Crippen LogP) is 5.59. The zero-order valence-electron chi connectivity index (χ0n) is 16.4. The molecule has 29 heavy (non-hydrogen) atoms. The van der Waals surface area contributed by atoms with Crippen LogP contribution in [0.5, 0.6) is 11.5 Å². The van der Waals surface area contributed by atoms with E-state index in [9.17, 15) is 5.11 Å². The fourth-order valence-corrected chi connectivity index (χ4v) is 3.77. The van der Waals surface area contributed by atoms with Gasteiger partial charge < -0.3 is 9.84 Å². The molecule has 2 atom stereocenters. The molecule has 3 aromatic rings. The van der Waals surface area contributed by atoms with E-state index in [0.29, 0.717) is 11.4 Å². The average molecular weight is 407 g/mol. The maximum Gasteiger partial charge on any atom is 0.126 e. The van der Waals surface area contributed by atoms with E-state index < -0.39 is 0 Å². The number of rotatable bonds is 4. The maximum absolute atomic E-state index is 10.5. The summed E-state index contributed by atoms with van der Waals surface area (Å²) in [4.78, 5) is 4.99. The van der Waals surface area contributed by atoms with Gasteiger partial charge in [-0.3, -0.25) is 10.3 Å². The van der Waals surface area contributed by atoms with Gasteiger partial charge in [0.25, 0.3) is 0 Å². The molecule has 148 valence electrons. The van der Waals surface area contributed by atoms with Crippen LogP contribution in [0, 0.1) is 6.92 Å². The number of phenols is 1. The largest absolute Gasteiger partial charge is 0.508 e. The van der Waals surface area contributed by atoms with Crippen LogP contribution in [-0.4, -0.2) is 17.9 Å². The van der Waals surface area contributed by atoms with Crippen LogP contribution in [0.3, 0.4) is 0 Å². The van der Waals surface area contributed by atoms with E-state index in [1.165, 1.54) is 5.56 Å². The molecule has 0 saturated heterocycles. The van der Waals surface area contributed by atoms with Gasteiger partial charge in [-0.15, -0.1) is 0 Å². The van der Waals surface area contributed by atoms with E-state index >= 15 is 0 Å². The first-order chi connectivity index (χ1) is 14.0. The summed E-state index contributed by atoms with van der Waals surface area (Å²) < 4.78 is 5.28. The highest BCUT2D eigenvalue weighted by molar-refractivity contribution is 6.30. The van der Waals surface area contributed by atoms with E-state index in [4.69, 9.17) is 21.3 Å². The van der Waals surface area contributed by atoms with Gasteiger partial charge in [-0.05, 0) is 60.5 Å². The Morgan fingerprint density at radius 2 is 1.76 bits per heavy atom. The van der Waals surface area contributed by atoms with Crippen molar-refractivity contribution in [3.05, 3.63) is 94.0 Å². The first kappa shape index (κ1) is 19.5. The van der Waals surface area contributed by atoms with Gasteiger partial charge in [-0.1, -0.05) is 41.4 Å². The molecule has 2 N–H and O–H groups in total. The Morgan fingerprint density at radius 1 is 1.03 bits per heavy atom. The number of hydrogen-bond acceptors (Lipinski definition) is 4. The Kier molecular flexibility index (Phi) is 5.56. The summed E-state index contributed by atoms with van der Waals surface area (Å²) in [5.74, 6) is 1.04. The highest BCUT2D eigenvalue weighted by Gasteiger charge is 2.27. The molecular weight excluding hydrogens is 384 g/mol. The van der Waals surface area contributed by atoms with Crippen LogP contribution in [0.4, 0.5) is 0 Å². The van der Waals surface area contributed by atoms with Crippen molar-refractivity contribution >= 4 is 17.3 Å². The first-order valence-electron chi connectivity index (χ1n) is 9.55. The van der Waals surface area contributed by atoms with Crippen molar-refractivity contribution in [2.45, 2.75) is 25.6 Å². The lowest BCUT2D eigenvalue weighted by Gasteiger charge is -2.31. The lowest BCUT2D eigenvalue weighted by atomic mass is 9.93. The third-order valence-electron chi connectivity index (χ3n) is 5.22. The van der Waals surface area contributed by atoms with Crippen LogP contribution in [-0.2, 0) is 0 Å². The molecule has 5 heteroatoms. The Balaban J connectivity index is 1.75. The molecule has 0 aliphatic carbocycles. The van der Waals surface area contributed by atoms with E-state index in [1.54, 1.807) is 19.2 Å². The van der Waals surface area contributed by atoms with Gasteiger partial charge in [-0.25, -0.2) is 0 Å². The minimum atomic E-state index is -0.218. The third kappa shape index (κ3) is 4.29. The molecule has 1 aliphatic heterocycles. The predicted molar refractivity (Wildman–Crippen MR) is 117 cm³/mol. The second-order valence-corrected chi connectivity index (χ2v) is 7.68. The molecule has 4 nitrogen and oxygen atoms in total. The highest BCUT2D eigenvalue weighted by Crippen LogP contribution is 2.36. The summed E-state index contributed by atoms with van der Waals surface area (Å²) in [5, 5.41) is 14.6. The Bertz CT molecular complexity index is 1030. The number of benzene rings is 3. The number of aryl methyl sites for hydroxylation is 1. The number of halogens is 1. The fourth-order valence-electron chi connectivity index (χ4n) is 3.59. The van der Waals surface area contributed by atoms with E-state index in [-0.39, 0.29) is 18.0 Å². The van der Waals surface area contributed by atoms with Gasteiger partial charge in [0.05, 0.1) is 7.11 Å². The molecule has 0 unspecified atom stereocenters. The number of nitrogens with zero attached hydrogens (tertiary/aromatic N) is 1.